The van der Waals surface area contributed by atoms with Crippen LogP contribution in [0.15, 0.2) is 17.0 Å². The van der Waals surface area contributed by atoms with Crippen LogP contribution in [0.1, 0.15) is 15.9 Å². The van der Waals surface area contributed by atoms with E-state index >= 15 is 0 Å². The van der Waals surface area contributed by atoms with E-state index in [4.69, 9.17) is 20.2 Å². The van der Waals surface area contributed by atoms with Crippen LogP contribution in [-0.2, 0) is 18.5 Å². The van der Waals surface area contributed by atoms with Crippen LogP contribution in [0.4, 0.5) is 4.39 Å². The van der Waals surface area contributed by atoms with Crippen molar-refractivity contribution in [2.45, 2.75) is 11.8 Å². The third-order valence-corrected chi connectivity index (χ3v) is 3.56. The van der Waals surface area contributed by atoms with E-state index in [0.717, 1.165) is 6.07 Å². The molecule has 19 heavy (non-hydrogen) atoms. The Kier molecular flexibility index (Phi) is 5.28. The largest absolute Gasteiger partial charge is 0.460 e. The van der Waals surface area contributed by atoms with Crippen LogP contribution in [0.25, 0.3) is 0 Å². The summed E-state index contributed by atoms with van der Waals surface area (Å²) in [5, 5.41) is 0. The number of hydrogen-bond donors (Lipinski definition) is 0. The summed E-state index contributed by atoms with van der Waals surface area (Å²) < 4.78 is 45.5. The van der Waals surface area contributed by atoms with Gasteiger partial charge in [-0.05, 0) is 24.6 Å². The number of methoxy groups -OCH3 is 1. The van der Waals surface area contributed by atoms with Crippen molar-refractivity contribution in [3.8, 4) is 0 Å². The summed E-state index contributed by atoms with van der Waals surface area (Å²) in [4.78, 5) is 10.9. The first kappa shape index (κ1) is 15.9. The second-order valence-electron chi connectivity index (χ2n) is 3.67. The van der Waals surface area contributed by atoms with Crippen molar-refractivity contribution in [1.29, 1.82) is 0 Å². The molecule has 0 aromatic heterocycles. The van der Waals surface area contributed by atoms with Gasteiger partial charge in [-0.2, -0.15) is 0 Å². The third kappa shape index (κ3) is 4.15. The lowest BCUT2D eigenvalue weighted by atomic mass is 10.1. The molecule has 1 aromatic rings. The zero-order valence-electron chi connectivity index (χ0n) is 10.3. The molecule has 0 saturated carbocycles. The first-order valence-electron chi connectivity index (χ1n) is 5.18. The van der Waals surface area contributed by atoms with Gasteiger partial charge in [0.15, 0.2) is 0 Å². The van der Waals surface area contributed by atoms with Gasteiger partial charge < -0.3 is 9.47 Å². The van der Waals surface area contributed by atoms with E-state index < -0.39 is 25.7 Å². The fourth-order valence-corrected chi connectivity index (χ4v) is 2.31. The molecular formula is C11H12ClFO5S. The van der Waals surface area contributed by atoms with E-state index in [1.807, 2.05) is 0 Å². The Bertz CT molecular complexity index is 585. The van der Waals surface area contributed by atoms with Gasteiger partial charge >= 0.3 is 5.97 Å². The SMILES string of the molecule is COCCOC(=O)c1cc(C)c(F)c(S(=O)(=O)Cl)c1. The molecule has 1 aromatic carbocycles. The van der Waals surface area contributed by atoms with Crippen LogP contribution < -0.4 is 0 Å². The summed E-state index contributed by atoms with van der Waals surface area (Å²) in [5.41, 5.74) is -0.102. The van der Waals surface area contributed by atoms with Crippen molar-refractivity contribution in [1.82, 2.24) is 0 Å². The number of benzene rings is 1. The summed E-state index contributed by atoms with van der Waals surface area (Å²) in [6.45, 7) is 1.54. The molecule has 0 aliphatic heterocycles. The molecule has 0 unspecified atom stereocenters. The highest BCUT2D eigenvalue weighted by molar-refractivity contribution is 8.13. The Hall–Kier alpha value is -1.18. The third-order valence-electron chi connectivity index (χ3n) is 2.24. The van der Waals surface area contributed by atoms with Crippen LogP contribution in [-0.4, -0.2) is 34.7 Å². The molecule has 5 nitrogen and oxygen atoms in total. The summed E-state index contributed by atoms with van der Waals surface area (Å²) >= 11 is 0. The number of rotatable bonds is 5. The van der Waals surface area contributed by atoms with Crippen LogP contribution in [0.2, 0.25) is 0 Å². The minimum absolute atomic E-state index is 0.00865. The van der Waals surface area contributed by atoms with Gasteiger partial charge in [-0.15, -0.1) is 0 Å². The average Bonchev–Trinajstić information content (AvgIpc) is 2.31. The van der Waals surface area contributed by atoms with Crippen molar-refractivity contribution in [2.75, 3.05) is 20.3 Å². The normalized spacial score (nSPS) is 11.4. The molecule has 0 aliphatic carbocycles. The highest BCUT2D eigenvalue weighted by Crippen LogP contribution is 2.23. The van der Waals surface area contributed by atoms with E-state index in [2.05, 4.69) is 0 Å². The highest BCUT2D eigenvalue weighted by Gasteiger charge is 2.21. The van der Waals surface area contributed by atoms with Crippen LogP contribution >= 0.6 is 10.7 Å². The zero-order chi connectivity index (χ0) is 14.6. The molecule has 0 aliphatic rings. The standard InChI is InChI=1S/C11H12ClFO5S/c1-7-5-8(11(14)18-4-3-17-2)6-9(10(7)13)19(12,15)16/h5-6H,3-4H2,1-2H3. The summed E-state index contributed by atoms with van der Waals surface area (Å²) in [5.74, 6) is -1.76. The van der Waals surface area contributed by atoms with Gasteiger partial charge in [0, 0.05) is 17.8 Å². The fraction of sp³-hybridized carbons (Fsp3) is 0.364. The molecule has 8 heteroatoms. The molecule has 106 valence electrons. The number of carbonyl (C=O) groups is 1. The van der Waals surface area contributed by atoms with E-state index in [9.17, 15) is 17.6 Å². The van der Waals surface area contributed by atoms with Crippen molar-refractivity contribution in [3.05, 3.63) is 29.1 Å². The topological polar surface area (TPSA) is 69.7 Å². The Morgan fingerprint density at radius 1 is 1.37 bits per heavy atom. The van der Waals surface area contributed by atoms with Gasteiger partial charge in [-0.25, -0.2) is 17.6 Å². The van der Waals surface area contributed by atoms with Gasteiger partial charge in [0.1, 0.15) is 17.3 Å². The minimum Gasteiger partial charge on any atom is -0.460 e. The van der Waals surface area contributed by atoms with Gasteiger partial charge in [0.2, 0.25) is 0 Å². The molecule has 0 amide bonds. The van der Waals surface area contributed by atoms with Crippen LogP contribution in [0.5, 0.6) is 0 Å². The number of hydrogen-bond acceptors (Lipinski definition) is 5. The summed E-state index contributed by atoms with van der Waals surface area (Å²) in [6.07, 6.45) is 0. The van der Waals surface area contributed by atoms with E-state index in [1.165, 1.54) is 20.1 Å². The molecule has 0 fully saturated rings. The lowest BCUT2D eigenvalue weighted by Gasteiger charge is -2.08. The highest BCUT2D eigenvalue weighted by atomic mass is 35.7. The number of aryl methyl sites for hydroxylation is 1. The molecule has 0 radical (unpaired) electrons. The van der Waals surface area contributed by atoms with Gasteiger partial charge in [-0.1, -0.05) is 0 Å². The molecule has 0 spiro atoms. The van der Waals surface area contributed by atoms with Crippen molar-refractivity contribution in [2.24, 2.45) is 0 Å². The quantitative estimate of drug-likeness (QED) is 0.472. The summed E-state index contributed by atoms with van der Waals surface area (Å²) in [7, 11) is 2.27. The number of carbonyl (C=O) groups excluding carboxylic acids is 1. The van der Waals surface area contributed by atoms with Crippen LogP contribution in [0, 0.1) is 12.7 Å². The molecule has 0 bridgehead atoms. The Morgan fingerprint density at radius 3 is 2.53 bits per heavy atom. The van der Waals surface area contributed by atoms with Crippen molar-refractivity contribution in [3.63, 3.8) is 0 Å². The molecule has 0 saturated heterocycles. The summed E-state index contributed by atoms with van der Waals surface area (Å²) in [6, 6.07) is 2.04. The molecular weight excluding hydrogens is 299 g/mol. The Balaban J connectivity index is 3.11. The van der Waals surface area contributed by atoms with E-state index in [1.54, 1.807) is 0 Å². The smallest absolute Gasteiger partial charge is 0.338 e. The maximum Gasteiger partial charge on any atom is 0.338 e. The number of halogens is 2. The predicted molar refractivity (Wildman–Crippen MR) is 66.3 cm³/mol. The maximum absolute atomic E-state index is 13.6. The Labute approximate surface area is 114 Å². The van der Waals surface area contributed by atoms with Gasteiger partial charge in [-0.3, -0.25) is 0 Å². The fourth-order valence-electron chi connectivity index (χ4n) is 1.33. The predicted octanol–water partition coefficient (Wildman–Crippen LogP) is 1.86. The zero-order valence-corrected chi connectivity index (χ0v) is 11.8. The van der Waals surface area contributed by atoms with Gasteiger partial charge in [0.25, 0.3) is 9.05 Å². The lowest BCUT2D eigenvalue weighted by molar-refractivity contribution is 0.0387. The number of ether oxygens (including phenoxy) is 2. The van der Waals surface area contributed by atoms with Crippen molar-refractivity contribution < 1.29 is 27.1 Å². The van der Waals surface area contributed by atoms with E-state index in [-0.39, 0.29) is 24.3 Å². The maximum atomic E-state index is 13.6. The Morgan fingerprint density at radius 2 is 2.00 bits per heavy atom. The monoisotopic (exact) mass is 310 g/mol. The first-order valence-corrected chi connectivity index (χ1v) is 7.49. The molecule has 0 N–H and O–H groups in total. The first-order chi connectivity index (χ1) is 8.77. The number of esters is 1. The second kappa shape index (κ2) is 6.31. The second-order valence-corrected chi connectivity index (χ2v) is 6.21. The molecule has 0 atom stereocenters. The van der Waals surface area contributed by atoms with Crippen LogP contribution in [0.3, 0.4) is 0 Å². The molecule has 1 rings (SSSR count). The van der Waals surface area contributed by atoms with E-state index in [0.29, 0.717) is 0 Å². The molecule has 0 heterocycles. The average molecular weight is 311 g/mol. The lowest BCUT2D eigenvalue weighted by Crippen LogP contribution is -2.11. The van der Waals surface area contributed by atoms with Crippen molar-refractivity contribution >= 4 is 25.7 Å². The van der Waals surface area contributed by atoms with Gasteiger partial charge in [0.05, 0.1) is 12.2 Å². The minimum atomic E-state index is -4.27.